The van der Waals surface area contributed by atoms with Crippen LogP contribution >= 0.6 is 0 Å². The van der Waals surface area contributed by atoms with Crippen molar-refractivity contribution in [2.75, 3.05) is 23.7 Å². The number of likely N-dealkylation sites (tertiary alicyclic amines) is 1. The Morgan fingerprint density at radius 3 is 2.74 bits per heavy atom. The predicted molar refractivity (Wildman–Crippen MR) is 91.1 cm³/mol. The van der Waals surface area contributed by atoms with Crippen molar-refractivity contribution < 1.29 is 13.2 Å². The second kappa shape index (κ2) is 6.37. The fraction of sp³-hybridized carbons (Fsp3) is 0.353. The lowest BCUT2D eigenvalue weighted by Gasteiger charge is -2.45. The van der Waals surface area contributed by atoms with E-state index in [1.165, 1.54) is 12.4 Å². The number of rotatable bonds is 2. The van der Waals surface area contributed by atoms with E-state index < -0.39 is 29.6 Å². The molecule has 1 saturated heterocycles. The largest absolute Gasteiger partial charge is 0.343 e. The van der Waals surface area contributed by atoms with Crippen molar-refractivity contribution in [3.05, 3.63) is 47.5 Å². The first-order valence-electron chi connectivity index (χ1n) is 8.35. The van der Waals surface area contributed by atoms with Gasteiger partial charge in [-0.3, -0.25) is 9.88 Å². The molecule has 2 aliphatic heterocycles. The van der Waals surface area contributed by atoms with Gasteiger partial charge >= 0.3 is 0 Å². The van der Waals surface area contributed by atoms with Crippen LogP contribution in [0.3, 0.4) is 0 Å². The van der Waals surface area contributed by atoms with Crippen LogP contribution in [0.15, 0.2) is 24.5 Å². The van der Waals surface area contributed by atoms with E-state index in [1.54, 1.807) is 4.90 Å². The first kappa shape index (κ1) is 17.5. The average molecular weight is 375 g/mol. The van der Waals surface area contributed by atoms with E-state index >= 15 is 0 Å². The number of nitrogens with two attached hydrogens (primary N) is 1. The molecule has 3 atom stereocenters. The van der Waals surface area contributed by atoms with Gasteiger partial charge in [0.1, 0.15) is 23.8 Å². The molecule has 0 amide bonds. The Labute approximate surface area is 153 Å². The fourth-order valence-corrected chi connectivity index (χ4v) is 3.49. The van der Waals surface area contributed by atoms with Gasteiger partial charge in [0.25, 0.3) is 0 Å². The van der Waals surface area contributed by atoms with Crippen molar-refractivity contribution in [3.63, 3.8) is 0 Å². The van der Waals surface area contributed by atoms with E-state index in [4.69, 9.17) is 11.0 Å². The standard InChI is InChI=1S/C17H16F3N7/c18-9-3-12(20)16-14(4-9)25-17(26-16,15-7-23-10(5-21)6-24-15)27-2-1-11(19)13(22)8-27/h3-4,6-7,11,13,25-26H,1-2,8,22H2/t11-,13-,17?/m1/s1. The topological polar surface area (TPSA) is 103 Å². The minimum atomic E-state index is -1.30. The minimum Gasteiger partial charge on any atom is -0.343 e. The van der Waals surface area contributed by atoms with Crippen LogP contribution in [0.25, 0.3) is 0 Å². The Kier molecular flexibility index (Phi) is 4.13. The normalized spacial score (nSPS) is 27.4. The summed E-state index contributed by atoms with van der Waals surface area (Å²) in [5.41, 5.74) is 6.60. The summed E-state index contributed by atoms with van der Waals surface area (Å²) < 4.78 is 41.9. The molecule has 140 valence electrons. The van der Waals surface area contributed by atoms with Gasteiger partial charge in [0, 0.05) is 25.2 Å². The maximum absolute atomic E-state index is 14.3. The summed E-state index contributed by atoms with van der Waals surface area (Å²) >= 11 is 0. The smallest absolute Gasteiger partial charge is 0.213 e. The lowest BCUT2D eigenvalue weighted by Crippen LogP contribution is -2.62. The Morgan fingerprint density at radius 2 is 2.07 bits per heavy atom. The highest BCUT2D eigenvalue weighted by Crippen LogP contribution is 2.43. The van der Waals surface area contributed by atoms with Crippen LogP contribution in [-0.2, 0) is 5.79 Å². The van der Waals surface area contributed by atoms with Crippen LogP contribution in [0.4, 0.5) is 24.5 Å². The molecule has 4 N–H and O–H groups in total. The van der Waals surface area contributed by atoms with E-state index in [0.717, 1.165) is 12.1 Å². The van der Waals surface area contributed by atoms with E-state index in [0.29, 0.717) is 12.2 Å². The van der Waals surface area contributed by atoms with Crippen LogP contribution in [0.2, 0.25) is 0 Å². The SMILES string of the molecule is N#Cc1cnc(C2(N3CC[C@@H](F)[C@H](N)C3)Nc3cc(F)cc(F)c3N2)cn1. The van der Waals surface area contributed by atoms with Gasteiger partial charge < -0.3 is 16.4 Å². The molecule has 1 fully saturated rings. The first-order chi connectivity index (χ1) is 12.9. The fourth-order valence-electron chi connectivity index (χ4n) is 3.49. The van der Waals surface area contributed by atoms with E-state index in [9.17, 15) is 13.2 Å². The van der Waals surface area contributed by atoms with E-state index in [-0.39, 0.29) is 30.0 Å². The van der Waals surface area contributed by atoms with Crippen LogP contribution in [0, 0.1) is 23.0 Å². The number of nitrogens with zero attached hydrogens (tertiary/aromatic N) is 4. The molecule has 7 nitrogen and oxygen atoms in total. The van der Waals surface area contributed by atoms with Gasteiger partial charge in [-0.2, -0.15) is 5.26 Å². The van der Waals surface area contributed by atoms with Gasteiger partial charge in [-0.1, -0.05) is 0 Å². The molecule has 1 aromatic heterocycles. The zero-order valence-corrected chi connectivity index (χ0v) is 14.1. The highest BCUT2D eigenvalue weighted by molar-refractivity contribution is 5.77. The van der Waals surface area contributed by atoms with Gasteiger partial charge in [-0.25, -0.2) is 18.2 Å². The Hall–Kier alpha value is -2.90. The highest BCUT2D eigenvalue weighted by atomic mass is 19.1. The van der Waals surface area contributed by atoms with Crippen molar-refractivity contribution in [2.45, 2.75) is 24.4 Å². The molecule has 0 aliphatic carbocycles. The van der Waals surface area contributed by atoms with Crippen LogP contribution in [-0.4, -0.2) is 40.2 Å². The molecule has 2 aliphatic rings. The molecule has 3 heterocycles. The molecule has 0 spiro atoms. The van der Waals surface area contributed by atoms with Crippen molar-refractivity contribution >= 4 is 11.4 Å². The number of nitriles is 1. The molecule has 1 unspecified atom stereocenters. The number of alkyl halides is 1. The third-order valence-electron chi connectivity index (χ3n) is 4.86. The van der Waals surface area contributed by atoms with Gasteiger partial charge in [0.15, 0.2) is 11.5 Å². The maximum Gasteiger partial charge on any atom is 0.213 e. The molecule has 0 bridgehead atoms. The number of fused-ring (bicyclic) bond motifs is 1. The zero-order valence-electron chi connectivity index (χ0n) is 14.1. The average Bonchev–Trinajstić information content (AvgIpc) is 3.05. The molecule has 27 heavy (non-hydrogen) atoms. The molecule has 2 aromatic rings. The van der Waals surface area contributed by atoms with Crippen molar-refractivity contribution in [1.29, 1.82) is 5.26 Å². The molecule has 10 heteroatoms. The third-order valence-corrected chi connectivity index (χ3v) is 4.86. The Balaban J connectivity index is 1.79. The van der Waals surface area contributed by atoms with Gasteiger partial charge in [0.05, 0.1) is 23.8 Å². The number of anilines is 2. The second-order valence-electron chi connectivity index (χ2n) is 6.58. The summed E-state index contributed by atoms with van der Waals surface area (Å²) in [5.74, 6) is -2.80. The number of hydrogen-bond donors (Lipinski definition) is 3. The third kappa shape index (κ3) is 2.85. The Morgan fingerprint density at radius 1 is 1.26 bits per heavy atom. The van der Waals surface area contributed by atoms with Gasteiger partial charge in [-0.05, 0) is 12.5 Å². The summed E-state index contributed by atoms with van der Waals surface area (Å²) in [6.45, 7) is 0.454. The van der Waals surface area contributed by atoms with Crippen molar-refractivity contribution in [3.8, 4) is 6.07 Å². The number of piperidine rings is 1. The summed E-state index contributed by atoms with van der Waals surface area (Å²) in [4.78, 5) is 10.0. The number of halogens is 3. The summed E-state index contributed by atoms with van der Waals surface area (Å²) in [6.07, 6.45) is 1.68. The van der Waals surface area contributed by atoms with Crippen LogP contribution in [0.1, 0.15) is 17.8 Å². The van der Waals surface area contributed by atoms with Crippen LogP contribution in [0.5, 0.6) is 0 Å². The van der Waals surface area contributed by atoms with Crippen molar-refractivity contribution in [1.82, 2.24) is 14.9 Å². The quantitative estimate of drug-likeness (QED) is 0.733. The maximum atomic E-state index is 14.3. The number of benzene rings is 1. The minimum absolute atomic E-state index is 0.0681. The van der Waals surface area contributed by atoms with E-state index in [1.807, 2.05) is 6.07 Å². The second-order valence-corrected chi connectivity index (χ2v) is 6.58. The summed E-state index contributed by atoms with van der Waals surface area (Å²) in [7, 11) is 0. The molecule has 0 radical (unpaired) electrons. The molecular weight excluding hydrogens is 359 g/mol. The van der Waals surface area contributed by atoms with Gasteiger partial charge in [-0.15, -0.1) is 0 Å². The summed E-state index contributed by atoms with van der Waals surface area (Å²) in [5, 5.41) is 15.0. The van der Waals surface area contributed by atoms with Gasteiger partial charge in [0.2, 0.25) is 5.79 Å². The molecule has 0 saturated carbocycles. The van der Waals surface area contributed by atoms with Crippen LogP contribution < -0.4 is 16.4 Å². The summed E-state index contributed by atoms with van der Waals surface area (Å²) in [6, 6.07) is 3.07. The molecule has 1 aromatic carbocycles. The predicted octanol–water partition coefficient (Wildman–Crippen LogP) is 1.65. The molecular formula is C17H16F3N7. The Bertz CT molecular complexity index is 914. The lowest BCUT2D eigenvalue weighted by molar-refractivity contribution is 0.0577. The first-order valence-corrected chi connectivity index (χ1v) is 8.35. The number of hydrogen-bond acceptors (Lipinski definition) is 7. The lowest BCUT2D eigenvalue weighted by atomic mass is 10.0. The van der Waals surface area contributed by atoms with Crippen molar-refractivity contribution in [2.24, 2.45) is 5.73 Å². The number of aromatic nitrogens is 2. The van der Waals surface area contributed by atoms with E-state index in [2.05, 4.69) is 20.6 Å². The highest BCUT2D eigenvalue weighted by Gasteiger charge is 2.48. The molecule has 4 rings (SSSR count). The zero-order chi connectivity index (χ0) is 19.2. The number of nitrogens with one attached hydrogen (secondary N) is 2. The monoisotopic (exact) mass is 375 g/mol.